The zero-order valence-electron chi connectivity index (χ0n) is 10.4. The first-order valence-electron chi connectivity index (χ1n) is 6.27. The molecule has 4 nitrogen and oxygen atoms in total. The Kier molecular flexibility index (Phi) is 2.92. The van der Waals surface area contributed by atoms with E-state index in [-0.39, 0.29) is 0 Å². The van der Waals surface area contributed by atoms with Crippen molar-refractivity contribution in [2.24, 2.45) is 0 Å². The highest BCUT2D eigenvalue weighted by Gasteiger charge is 2.24. The SMILES string of the molecule is CN1CCC(c2nc(Cl)c3c(N)cccn23)CC1. The smallest absolute Gasteiger partial charge is 0.157 e. The normalized spacial score (nSPS) is 18.6. The lowest BCUT2D eigenvalue weighted by molar-refractivity contribution is 0.251. The maximum absolute atomic E-state index is 6.21. The van der Waals surface area contributed by atoms with Crippen molar-refractivity contribution in [2.45, 2.75) is 18.8 Å². The van der Waals surface area contributed by atoms with E-state index in [2.05, 4.69) is 16.9 Å². The number of aromatic nitrogens is 2. The van der Waals surface area contributed by atoms with Gasteiger partial charge in [0.2, 0.25) is 0 Å². The standard InChI is InChI=1S/C13H17ClN4/c1-17-7-4-9(5-8-17)13-16-12(14)11-10(15)3-2-6-18(11)13/h2-3,6,9H,4-5,7-8,15H2,1H3. The van der Waals surface area contributed by atoms with E-state index >= 15 is 0 Å². The second kappa shape index (κ2) is 4.44. The predicted octanol–water partition coefficient (Wildman–Crippen LogP) is 2.38. The number of anilines is 1. The van der Waals surface area contributed by atoms with Crippen LogP contribution in [0.5, 0.6) is 0 Å². The largest absolute Gasteiger partial charge is 0.397 e. The molecule has 1 aliphatic heterocycles. The monoisotopic (exact) mass is 264 g/mol. The molecule has 0 amide bonds. The number of fused-ring (bicyclic) bond motifs is 1. The lowest BCUT2D eigenvalue weighted by Crippen LogP contribution is -2.29. The highest BCUT2D eigenvalue weighted by molar-refractivity contribution is 6.33. The summed E-state index contributed by atoms with van der Waals surface area (Å²) < 4.78 is 2.05. The van der Waals surface area contributed by atoms with Crippen molar-refractivity contribution >= 4 is 22.8 Å². The van der Waals surface area contributed by atoms with E-state index in [0.29, 0.717) is 16.8 Å². The van der Waals surface area contributed by atoms with Crippen LogP contribution in [0.2, 0.25) is 5.15 Å². The Balaban J connectivity index is 2.05. The van der Waals surface area contributed by atoms with Crippen LogP contribution in [0.1, 0.15) is 24.6 Å². The first kappa shape index (κ1) is 11.8. The fraction of sp³-hybridized carbons (Fsp3) is 0.462. The highest BCUT2D eigenvalue weighted by Crippen LogP contribution is 2.32. The van der Waals surface area contributed by atoms with Gasteiger partial charge in [-0.15, -0.1) is 0 Å². The lowest BCUT2D eigenvalue weighted by Gasteiger charge is -2.28. The van der Waals surface area contributed by atoms with Crippen molar-refractivity contribution in [3.05, 3.63) is 29.3 Å². The molecule has 0 aromatic carbocycles. The molecule has 96 valence electrons. The third kappa shape index (κ3) is 1.85. The van der Waals surface area contributed by atoms with E-state index < -0.39 is 0 Å². The summed E-state index contributed by atoms with van der Waals surface area (Å²) in [4.78, 5) is 6.88. The van der Waals surface area contributed by atoms with Gasteiger partial charge in [0.1, 0.15) is 11.3 Å². The molecule has 2 aromatic heterocycles. The molecule has 3 rings (SSSR count). The summed E-state index contributed by atoms with van der Waals surface area (Å²) in [6, 6.07) is 3.81. The van der Waals surface area contributed by atoms with Crippen LogP contribution in [0, 0.1) is 0 Å². The van der Waals surface area contributed by atoms with E-state index in [9.17, 15) is 0 Å². The number of imidazole rings is 1. The minimum Gasteiger partial charge on any atom is -0.397 e. The number of nitrogen functional groups attached to an aromatic ring is 1. The van der Waals surface area contributed by atoms with E-state index in [1.165, 1.54) is 0 Å². The van der Waals surface area contributed by atoms with E-state index in [1.807, 2.05) is 22.7 Å². The summed E-state index contributed by atoms with van der Waals surface area (Å²) in [6.07, 6.45) is 4.25. The molecule has 0 spiro atoms. The van der Waals surface area contributed by atoms with Crippen LogP contribution < -0.4 is 5.73 Å². The van der Waals surface area contributed by atoms with E-state index in [0.717, 1.165) is 37.3 Å². The number of pyridine rings is 1. The van der Waals surface area contributed by atoms with Crippen LogP contribution in [0.3, 0.4) is 0 Å². The van der Waals surface area contributed by atoms with Crippen molar-refractivity contribution in [2.75, 3.05) is 25.9 Å². The van der Waals surface area contributed by atoms with Gasteiger partial charge in [0.25, 0.3) is 0 Å². The molecule has 0 saturated carbocycles. The van der Waals surface area contributed by atoms with Gasteiger partial charge in [-0.05, 0) is 45.1 Å². The second-order valence-corrected chi connectivity index (χ2v) is 5.38. The number of piperidine rings is 1. The van der Waals surface area contributed by atoms with Gasteiger partial charge >= 0.3 is 0 Å². The molecule has 0 radical (unpaired) electrons. The fourth-order valence-electron chi connectivity index (χ4n) is 2.70. The van der Waals surface area contributed by atoms with Gasteiger partial charge in [0, 0.05) is 12.1 Å². The maximum Gasteiger partial charge on any atom is 0.157 e. The number of hydrogen-bond acceptors (Lipinski definition) is 3. The first-order valence-corrected chi connectivity index (χ1v) is 6.65. The Morgan fingerprint density at radius 2 is 2.11 bits per heavy atom. The van der Waals surface area contributed by atoms with Crippen LogP contribution >= 0.6 is 11.6 Å². The fourth-order valence-corrected chi connectivity index (χ4v) is 2.98. The highest BCUT2D eigenvalue weighted by atomic mass is 35.5. The number of nitrogens with zero attached hydrogens (tertiary/aromatic N) is 3. The maximum atomic E-state index is 6.21. The van der Waals surface area contributed by atoms with Gasteiger partial charge in [0.05, 0.1) is 5.69 Å². The predicted molar refractivity (Wildman–Crippen MR) is 74.1 cm³/mol. The first-order chi connectivity index (χ1) is 8.66. The summed E-state index contributed by atoms with van der Waals surface area (Å²) in [5.41, 5.74) is 7.50. The molecule has 0 unspecified atom stereocenters. The van der Waals surface area contributed by atoms with Crippen LogP contribution in [-0.2, 0) is 0 Å². The number of likely N-dealkylation sites (tertiary alicyclic amines) is 1. The van der Waals surface area contributed by atoms with Crippen LogP contribution in [0.4, 0.5) is 5.69 Å². The van der Waals surface area contributed by atoms with Gasteiger partial charge in [-0.3, -0.25) is 0 Å². The number of nitrogens with two attached hydrogens (primary N) is 1. The molecular formula is C13H17ClN4. The van der Waals surface area contributed by atoms with Gasteiger partial charge in [-0.1, -0.05) is 11.6 Å². The zero-order valence-corrected chi connectivity index (χ0v) is 11.2. The molecule has 1 aliphatic rings. The molecule has 1 fully saturated rings. The van der Waals surface area contributed by atoms with Crippen LogP contribution in [0.25, 0.3) is 5.52 Å². The average molecular weight is 265 g/mol. The number of rotatable bonds is 1. The van der Waals surface area contributed by atoms with E-state index in [1.54, 1.807) is 0 Å². The van der Waals surface area contributed by atoms with Crippen LogP contribution in [-0.4, -0.2) is 34.4 Å². The molecule has 1 saturated heterocycles. The molecule has 0 atom stereocenters. The van der Waals surface area contributed by atoms with Crippen molar-refractivity contribution in [3.63, 3.8) is 0 Å². The van der Waals surface area contributed by atoms with Crippen molar-refractivity contribution < 1.29 is 0 Å². The van der Waals surface area contributed by atoms with Crippen molar-refractivity contribution in [1.82, 2.24) is 14.3 Å². The minimum absolute atomic E-state index is 0.475. The quantitative estimate of drug-likeness (QED) is 0.860. The molecule has 0 aliphatic carbocycles. The van der Waals surface area contributed by atoms with Crippen LogP contribution in [0.15, 0.2) is 18.3 Å². The van der Waals surface area contributed by atoms with Gasteiger partial charge in [0.15, 0.2) is 5.15 Å². The Morgan fingerprint density at radius 3 is 2.83 bits per heavy atom. The van der Waals surface area contributed by atoms with Gasteiger partial charge in [-0.2, -0.15) is 0 Å². The summed E-state index contributed by atoms with van der Waals surface area (Å²) in [6.45, 7) is 2.22. The summed E-state index contributed by atoms with van der Waals surface area (Å²) in [7, 11) is 2.16. The van der Waals surface area contributed by atoms with Crippen molar-refractivity contribution in [1.29, 1.82) is 0 Å². The Morgan fingerprint density at radius 1 is 1.39 bits per heavy atom. The Labute approximate surface area is 111 Å². The van der Waals surface area contributed by atoms with Gasteiger partial charge < -0.3 is 15.0 Å². The van der Waals surface area contributed by atoms with Crippen molar-refractivity contribution in [3.8, 4) is 0 Å². The molecule has 2 aromatic rings. The number of halogens is 1. The molecule has 18 heavy (non-hydrogen) atoms. The average Bonchev–Trinajstić information content (AvgIpc) is 2.69. The number of hydrogen-bond donors (Lipinski definition) is 1. The summed E-state index contributed by atoms with van der Waals surface area (Å²) >= 11 is 6.21. The second-order valence-electron chi connectivity index (χ2n) is 5.02. The third-order valence-electron chi connectivity index (χ3n) is 3.76. The van der Waals surface area contributed by atoms with Gasteiger partial charge in [-0.25, -0.2) is 4.98 Å². The molecule has 0 bridgehead atoms. The Hall–Kier alpha value is -1.26. The molecule has 2 N–H and O–H groups in total. The topological polar surface area (TPSA) is 46.6 Å². The third-order valence-corrected chi connectivity index (χ3v) is 4.03. The van der Waals surface area contributed by atoms with E-state index in [4.69, 9.17) is 17.3 Å². The molecule has 3 heterocycles. The molecule has 5 heteroatoms. The minimum atomic E-state index is 0.475. The molecular weight excluding hydrogens is 248 g/mol. The zero-order chi connectivity index (χ0) is 12.7. The summed E-state index contributed by atoms with van der Waals surface area (Å²) in [5.74, 6) is 1.53. The Bertz CT molecular complexity index is 570. The summed E-state index contributed by atoms with van der Waals surface area (Å²) in [5, 5.41) is 0.516. The lowest BCUT2D eigenvalue weighted by atomic mass is 9.96.